The molecule has 2 heterocycles. The Bertz CT molecular complexity index is 194. The standard InChI is InChI=1S/C13H26N2O/c1-3-11(4-2)14-7-8-15-9-12-5-6-13(10-15)16-12/h11-14H,3-10H2,1-2H3. The molecule has 0 amide bonds. The van der Waals surface area contributed by atoms with E-state index in [1.165, 1.54) is 32.2 Å². The SMILES string of the molecule is CCC(CC)NCCN1CC2CCC(C1)O2. The summed E-state index contributed by atoms with van der Waals surface area (Å²) >= 11 is 0. The van der Waals surface area contributed by atoms with E-state index in [2.05, 4.69) is 24.1 Å². The number of nitrogens with zero attached hydrogens (tertiary/aromatic N) is 1. The Labute approximate surface area is 99.5 Å². The average Bonchev–Trinajstić information content (AvgIpc) is 2.64. The molecule has 16 heavy (non-hydrogen) atoms. The molecule has 2 aliphatic rings. The molecule has 0 aromatic carbocycles. The predicted octanol–water partition coefficient (Wildman–Crippen LogP) is 1.63. The summed E-state index contributed by atoms with van der Waals surface area (Å²) in [6.45, 7) is 9.15. The van der Waals surface area contributed by atoms with Gasteiger partial charge in [-0.05, 0) is 25.7 Å². The molecule has 94 valence electrons. The first-order chi connectivity index (χ1) is 7.81. The number of ether oxygens (including phenoxy) is 1. The normalized spacial score (nSPS) is 30.2. The molecule has 3 heteroatoms. The van der Waals surface area contributed by atoms with Crippen LogP contribution in [0.5, 0.6) is 0 Å². The minimum absolute atomic E-state index is 0.534. The van der Waals surface area contributed by atoms with E-state index in [0.717, 1.165) is 19.6 Å². The highest BCUT2D eigenvalue weighted by Gasteiger charge is 2.33. The lowest BCUT2D eigenvalue weighted by Crippen LogP contribution is -2.46. The maximum atomic E-state index is 5.84. The van der Waals surface area contributed by atoms with Crippen LogP contribution in [0.4, 0.5) is 0 Å². The summed E-state index contributed by atoms with van der Waals surface area (Å²) in [7, 11) is 0. The summed E-state index contributed by atoms with van der Waals surface area (Å²) in [4.78, 5) is 2.57. The fourth-order valence-electron chi connectivity index (χ4n) is 2.89. The topological polar surface area (TPSA) is 24.5 Å². The summed E-state index contributed by atoms with van der Waals surface area (Å²) in [5.74, 6) is 0. The van der Waals surface area contributed by atoms with Gasteiger partial charge in [-0.1, -0.05) is 13.8 Å². The van der Waals surface area contributed by atoms with Crippen molar-refractivity contribution < 1.29 is 4.74 Å². The summed E-state index contributed by atoms with van der Waals surface area (Å²) in [5, 5.41) is 3.63. The van der Waals surface area contributed by atoms with E-state index < -0.39 is 0 Å². The molecule has 0 radical (unpaired) electrons. The Morgan fingerprint density at radius 1 is 1.19 bits per heavy atom. The van der Waals surface area contributed by atoms with E-state index in [4.69, 9.17) is 4.74 Å². The van der Waals surface area contributed by atoms with Crippen molar-refractivity contribution in [1.29, 1.82) is 0 Å². The number of morpholine rings is 1. The molecule has 0 spiro atoms. The highest BCUT2D eigenvalue weighted by atomic mass is 16.5. The Balaban J connectivity index is 1.63. The quantitative estimate of drug-likeness (QED) is 0.745. The van der Waals surface area contributed by atoms with Crippen molar-refractivity contribution in [3.63, 3.8) is 0 Å². The molecule has 0 saturated carbocycles. The zero-order valence-electron chi connectivity index (χ0n) is 10.7. The van der Waals surface area contributed by atoms with Crippen molar-refractivity contribution in [2.45, 2.75) is 57.8 Å². The van der Waals surface area contributed by atoms with Crippen molar-refractivity contribution in [1.82, 2.24) is 10.2 Å². The lowest BCUT2D eigenvalue weighted by Gasteiger charge is -2.32. The summed E-state index contributed by atoms with van der Waals surface area (Å²) in [5.41, 5.74) is 0. The largest absolute Gasteiger partial charge is 0.372 e. The Morgan fingerprint density at radius 3 is 2.38 bits per heavy atom. The van der Waals surface area contributed by atoms with Crippen molar-refractivity contribution in [2.75, 3.05) is 26.2 Å². The molecule has 2 bridgehead atoms. The highest BCUT2D eigenvalue weighted by Crippen LogP contribution is 2.25. The second kappa shape index (κ2) is 5.99. The van der Waals surface area contributed by atoms with Gasteiger partial charge in [0.25, 0.3) is 0 Å². The van der Waals surface area contributed by atoms with Gasteiger partial charge in [0.1, 0.15) is 0 Å². The third-order valence-electron chi connectivity index (χ3n) is 3.97. The van der Waals surface area contributed by atoms with E-state index in [1.54, 1.807) is 0 Å². The van der Waals surface area contributed by atoms with Crippen LogP contribution in [0.3, 0.4) is 0 Å². The Hall–Kier alpha value is -0.120. The van der Waals surface area contributed by atoms with E-state index in [-0.39, 0.29) is 0 Å². The Kier molecular flexibility index (Phi) is 4.62. The highest BCUT2D eigenvalue weighted by molar-refractivity contribution is 4.85. The first-order valence-corrected chi connectivity index (χ1v) is 6.93. The van der Waals surface area contributed by atoms with Crippen LogP contribution in [0.2, 0.25) is 0 Å². The minimum Gasteiger partial charge on any atom is -0.372 e. The number of likely N-dealkylation sites (tertiary alicyclic amines) is 1. The van der Waals surface area contributed by atoms with Gasteiger partial charge in [0.2, 0.25) is 0 Å². The molecule has 2 atom stereocenters. The van der Waals surface area contributed by atoms with E-state index in [9.17, 15) is 0 Å². The monoisotopic (exact) mass is 226 g/mol. The third-order valence-corrected chi connectivity index (χ3v) is 3.97. The molecule has 1 N–H and O–H groups in total. The van der Waals surface area contributed by atoms with Crippen molar-refractivity contribution >= 4 is 0 Å². The summed E-state index contributed by atoms with van der Waals surface area (Å²) in [6, 6.07) is 0.706. The van der Waals surface area contributed by atoms with Gasteiger partial charge < -0.3 is 10.1 Å². The molecule has 3 nitrogen and oxygen atoms in total. The minimum atomic E-state index is 0.534. The van der Waals surface area contributed by atoms with Gasteiger partial charge >= 0.3 is 0 Å². The van der Waals surface area contributed by atoms with Crippen LogP contribution in [-0.4, -0.2) is 49.3 Å². The number of hydrogen-bond donors (Lipinski definition) is 1. The smallest absolute Gasteiger partial charge is 0.0707 e. The fourth-order valence-corrected chi connectivity index (χ4v) is 2.89. The van der Waals surface area contributed by atoms with Crippen LogP contribution in [0, 0.1) is 0 Å². The number of hydrogen-bond acceptors (Lipinski definition) is 3. The van der Waals surface area contributed by atoms with Crippen LogP contribution in [0.15, 0.2) is 0 Å². The molecule has 0 aromatic heterocycles. The molecular weight excluding hydrogens is 200 g/mol. The van der Waals surface area contributed by atoms with Gasteiger partial charge in [-0.3, -0.25) is 4.90 Å². The van der Waals surface area contributed by atoms with Gasteiger partial charge in [0, 0.05) is 32.2 Å². The van der Waals surface area contributed by atoms with Crippen molar-refractivity contribution in [3.8, 4) is 0 Å². The molecule has 2 rings (SSSR count). The zero-order valence-corrected chi connectivity index (χ0v) is 10.7. The van der Waals surface area contributed by atoms with E-state index in [1.807, 2.05) is 0 Å². The molecule has 2 unspecified atom stereocenters. The van der Waals surface area contributed by atoms with Crippen LogP contribution >= 0.6 is 0 Å². The molecule has 2 saturated heterocycles. The van der Waals surface area contributed by atoms with Gasteiger partial charge in [-0.15, -0.1) is 0 Å². The second-order valence-corrected chi connectivity index (χ2v) is 5.18. The van der Waals surface area contributed by atoms with E-state index >= 15 is 0 Å². The molecule has 2 fully saturated rings. The van der Waals surface area contributed by atoms with Crippen LogP contribution in [0.25, 0.3) is 0 Å². The summed E-state index contributed by atoms with van der Waals surface area (Å²) in [6.07, 6.45) is 6.11. The Morgan fingerprint density at radius 2 is 1.81 bits per heavy atom. The average molecular weight is 226 g/mol. The third kappa shape index (κ3) is 3.19. The van der Waals surface area contributed by atoms with Crippen LogP contribution in [0.1, 0.15) is 39.5 Å². The lowest BCUT2D eigenvalue weighted by molar-refractivity contribution is -0.0378. The van der Waals surface area contributed by atoms with Crippen molar-refractivity contribution in [2.24, 2.45) is 0 Å². The first kappa shape index (κ1) is 12.3. The van der Waals surface area contributed by atoms with Crippen LogP contribution in [-0.2, 0) is 4.74 Å². The summed E-state index contributed by atoms with van der Waals surface area (Å²) < 4.78 is 5.84. The van der Waals surface area contributed by atoms with E-state index in [0.29, 0.717) is 18.2 Å². The van der Waals surface area contributed by atoms with Gasteiger partial charge in [0.15, 0.2) is 0 Å². The predicted molar refractivity (Wildman–Crippen MR) is 66.7 cm³/mol. The second-order valence-electron chi connectivity index (χ2n) is 5.18. The molecule has 0 aliphatic carbocycles. The van der Waals surface area contributed by atoms with Gasteiger partial charge in [0.05, 0.1) is 12.2 Å². The molecule has 0 aromatic rings. The zero-order chi connectivity index (χ0) is 11.4. The van der Waals surface area contributed by atoms with Gasteiger partial charge in [-0.25, -0.2) is 0 Å². The number of nitrogens with one attached hydrogen (secondary N) is 1. The first-order valence-electron chi connectivity index (χ1n) is 6.93. The van der Waals surface area contributed by atoms with Crippen LogP contribution < -0.4 is 5.32 Å². The lowest BCUT2D eigenvalue weighted by atomic mass is 10.2. The van der Waals surface area contributed by atoms with Gasteiger partial charge in [-0.2, -0.15) is 0 Å². The molecule has 2 aliphatic heterocycles. The maximum absolute atomic E-state index is 5.84. The number of fused-ring (bicyclic) bond motifs is 2. The van der Waals surface area contributed by atoms with Crippen molar-refractivity contribution in [3.05, 3.63) is 0 Å². The number of rotatable bonds is 6. The molecular formula is C13H26N2O. The maximum Gasteiger partial charge on any atom is 0.0707 e. The fraction of sp³-hybridized carbons (Fsp3) is 1.00.